The number of hydrogen-bond donors (Lipinski definition) is 0. The third-order valence-electron chi connectivity index (χ3n) is 2.32. The van der Waals surface area contributed by atoms with Crippen LogP contribution in [0, 0.1) is 0 Å². The first-order chi connectivity index (χ1) is 9.48. The maximum absolute atomic E-state index is 12.1. The topological polar surface area (TPSA) is 60.7 Å². The maximum atomic E-state index is 12.1. The number of alkyl halides is 3. The van der Waals surface area contributed by atoms with E-state index in [1.54, 1.807) is 24.3 Å². The third kappa shape index (κ3) is 3.56. The molecule has 9 heteroatoms. The summed E-state index contributed by atoms with van der Waals surface area (Å²) in [6, 6.07) is 8.93. The van der Waals surface area contributed by atoms with Gasteiger partial charge in [-0.3, -0.25) is 4.79 Å². The Morgan fingerprint density at radius 2 is 1.95 bits per heavy atom. The molecule has 1 aromatic heterocycles. The fraction of sp³-hybridized carbons (Fsp3) is 0.273. The van der Waals surface area contributed by atoms with Gasteiger partial charge < -0.3 is 0 Å². The zero-order valence-corrected chi connectivity index (χ0v) is 10.9. The van der Waals surface area contributed by atoms with Crippen molar-refractivity contribution >= 4 is 17.5 Å². The van der Waals surface area contributed by atoms with Gasteiger partial charge >= 0.3 is 6.18 Å². The Hall–Kier alpha value is -1.90. The van der Waals surface area contributed by atoms with E-state index in [0.717, 1.165) is 11.8 Å². The van der Waals surface area contributed by atoms with E-state index in [9.17, 15) is 18.0 Å². The van der Waals surface area contributed by atoms with Crippen molar-refractivity contribution in [1.29, 1.82) is 0 Å². The molecule has 0 radical (unpaired) electrons. The van der Waals surface area contributed by atoms with Crippen LogP contribution in [-0.4, -0.2) is 37.9 Å². The van der Waals surface area contributed by atoms with Crippen LogP contribution in [0.15, 0.2) is 35.5 Å². The zero-order valence-electron chi connectivity index (χ0n) is 10.0. The quantitative estimate of drug-likeness (QED) is 0.793. The van der Waals surface area contributed by atoms with Gasteiger partial charge in [0.1, 0.15) is 0 Å². The van der Waals surface area contributed by atoms with Crippen molar-refractivity contribution in [2.45, 2.75) is 17.8 Å². The van der Waals surface area contributed by atoms with E-state index < -0.39 is 18.4 Å². The molecule has 0 spiro atoms. The number of rotatable bonds is 5. The summed E-state index contributed by atoms with van der Waals surface area (Å²) in [6.45, 7) is 0. The lowest BCUT2D eigenvalue weighted by molar-refractivity contribution is -0.170. The van der Waals surface area contributed by atoms with Crippen molar-refractivity contribution in [3.05, 3.63) is 30.3 Å². The van der Waals surface area contributed by atoms with Gasteiger partial charge in [0, 0.05) is 12.2 Å². The number of carbonyl (C=O) groups excluding carboxylic acids is 1. The van der Waals surface area contributed by atoms with Crippen LogP contribution >= 0.6 is 11.8 Å². The molecule has 2 aromatic rings. The Kier molecular flexibility index (Phi) is 4.38. The first kappa shape index (κ1) is 14.5. The summed E-state index contributed by atoms with van der Waals surface area (Å²) < 4.78 is 37.6. The number of thioether (sulfide) groups is 1. The molecule has 0 saturated carbocycles. The van der Waals surface area contributed by atoms with Crippen molar-refractivity contribution in [2.24, 2.45) is 0 Å². The van der Waals surface area contributed by atoms with Crippen molar-refractivity contribution in [3.63, 3.8) is 0 Å². The van der Waals surface area contributed by atoms with E-state index in [2.05, 4.69) is 15.5 Å². The number of ketones is 1. The molecule has 0 N–H and O–H groups in total. The fourth-order valence-corrected chi connectivity index (χ4v) is 2.21. The molecule has 0 aliphatic rings. The molecule has 5 nitrogen and oxygen atoms in total. The molecule has 106 valence electrons. The van der Waals surface area contributed by atoms with Crippen LogP contribution in [0.1, 0.15) is 6.42 Å². The van der Waals surface area contributed by atoms with Gasteiger partial charge in [0.25, 0.3) is 0 Å². The molecule has 0 atom stereocenters. The van der Waals surface area contributed by atoms with E-state index in [4.69, 9.17) is 0 Å². The molecular formula is C11H9F3N4OS. The van der Waals surface area contributed by atoms with E-state index in [1.807, 2.05) is 6.07 Å². The lowest BCUT2D eigenvalue weighted by atomic mass is 10.3. The van der Waals surface area contributed by atoms with E-state index in [-0.39, 0.29) is 5.75 Å². The lowest BCUT2D eigenvalue weighted by Gasteiger charge is -2.05. The Morgan fingerprint density at radius 3 is 2.60 bits per heavy atom. The monoisotopic (exact) mass is 302 g/mol. The van der Waals surface area contributed by atoms with Crippen LogP contribution in [0.5, 0.6) is 0 Å². The number of hydrogen-bond acceptors (Lipinski definition) is 5. The highest BCUT2D eigenvalue weighted by molar-refractivity contribution is 7.99. The molecule has 0 aliphatic heterocycles. The van der Waals surface area contributed by atoms with E-state index >= 15 is 0 Å². The van der Waals surface area contributed by atoms with Gasteiger partial charge in [-0.25, -0.2) is 0 Å². The van der Waals surface area contributed by atoms with Crippen LogP contribution in [0.25, 0.3) is 5.69 Å². The second kappa shape index (κ2) is 6.04. The molecule has 0 unspecified atom stereocenters. The van der Waals surface area contributed by atoms with Crippen LogP contribution in [0.4, 0.5) is 13.2 Å². The summed E-state index contributed by atoms with van der Waals surface area (Å²) in [7, 11) is 0. The standard InChI is InChI=1S/C11H9F3N4OS/c12-11(13,14)9(19)6-7-20-10-15-16-17-18(10)8-4-2-1-3-5-8/h1-5H,6-7H2. The Morgan fingerprint density at radius 1 is 1.25 bits per heavy atom. The smallest absolute Gasteiger partial charge is 0.290 e. The summed E-state index contributed by atoms with van der Waals surface area (Å²) in [5.74, 6) is -1.78. The summed E-state index contributed by atoms with van der Waals surface area (Å²) >= 11 is 0.999. The highest BCUT2D eigenvalue weighted by Gasteiger charge is 2.37. The molecule has 1 heterocycles. The number of Topliss-reactive ketones (excluding diaryl/α,β-unsaturated/α-hetero) is 1. The van der Waals surface area contributed by atoms with Crippen LogP contribution in [0.2, 0.25) is 0 Å². The van der Waals surface area contributed by atoms with E-state index in [1.165, 1.54) is 4.68 Å². The van der Waals surface area contributed by atoms with Gasteiger partial charge in [0.15, 0.2) is 0 Å². The normalized spacial score (nSPS) is 11.6. The number of aromatic nitrogens is 4. The van der Waals surface area contributed by atoms with Crippen LogP contribution in [0.3, 0.4) is 0 Å². The summed E-state index contributed by atoms with van der Waals surface area (Å²) in [5, 5.41) is 11.3. The first-order valence-electron chi connectivity index (χ1n) is 5.55. The van der Waals surface area contributed by atoms with Crippen LogP contribution < -0.4 is 0 Å². The molecule has 1 aromatic carbocycles. The minimum Gasteiger partial charge on any atom is -0.290 e. The number of nitrogens with zero attached hydrogens (tertiary/aromatic N) is 4. The third-order valence-corrected chi connectivity index (χ3v) is 3.24. The second-order valence-electron chi connectivity index (χ2n) is 3.73. The van der Waals surface area contributed by atoms with Crippen molar-refractivity contribution < 1.29 is 18.0 Å². The SMILES string of the molecule is O=C(CCSc1nnnn1-c1ccccc1)C(F)(F)F. The van der Waals surface area contributed by atoms with Gasteiger partial charge in [-0.1, -0.05) is 30.0 Å². The van der Waals surface area contributed by atoms with E-state index in [0.29, 0.717) is 10.8 Å². The summed E-state index contributed by atoms with van der Waals surface area (Å²) in [4.78, 5) is 10.8. The minimum absolute atomic E-state index is 0.0362. The first-order valence-corrected chi connectivity index (χ1v) is 6.53. The zero-order chi connectivity index (χ0) is 14.6. The van der Waals surface area contributed by atoms with Gasteiger partial charge in [0.05, 0.1) is 5.69 Å². The molecule has 0 saturated heterocycles. The number of benzene rings is 1. The fourth-order valence-electron chi connectivity index (χ4n) is 1.38. The summed E-state index contributed by atoms with van der Waals surface area (Å²) in [5.41, 5.74) is 0.696. The van der Waals surface area contributed by atoms with Crippen molar-refractivity contribution in [3.8, 4) is 5.69 Å². The predicted octanol–water partition coefficient (Wildman–Crippen LogP) is 2.28. The highest BCUT2D eigenvalue weighted by atomic mass is 32.2. The molecule has 20 heavy (non-hydrogen) atoms. The number of tetrazole rings is 1. The average Bonchev–Trinajstić information content (AvgIpc) is 2.87. The molecule has 0 bridgehead atoms. The molecule has 2 rings (SSSR count). The number of para-hydroxylation sites is 1. The Labute approximate surface area is 116 Å². The average molecular weight is 302 g/mol. The van der Waals surface area contributed by atoms with Crippen molar-refractivity contribution in [1.82, 2.24) is 20.2 Å². The highest BCUT2D eigenvalue weighted by Crippen LogP contribution is 2.22. The second-order valence-corrected chi connectivity index (χ2v) is 4.79. The molecule has 0 amide bonds. The van der Waals surface area contributed by atoms with Crippen molar-refractivity contribution in [2.75, 3.05) is 5.75 Å². The minimum atomic E-state index is -4.79. The van der Waals surface area contributed by atoms with Gasteiger partial charge in [-0.2, -0.15) is 17.9 Å². The largest absolute Gasteiger partial charge is 0.450 e. The molecular weight excluding hydrogens is 293 g/mol. The molecule has 0 aliphatic carbocycles. The summed E-state index contributed by atoms with van der Waals surface area (Å²) in [6.07, 6.45) is -5.39. The maximum Gasteiger partial charge on any atom is 0.450 e. The Bertz CT molecular complexity index is 585. The van der Waals surface area contributed by atoms with Crippen LogP contribution in [-0.2, 0) is 4.79 Å². The van der Waals surface area contributed by atoms with Gasteiger partial charge in [-0.05, 0) is 22.6 Å². The van der Waals surface area contributed by atoms with Gasteiger partial charge in [-0.15, -0.1) is 5.10 Å². The Balaban J connectivity index is 1.99. The predicted molar refractivity (Wildman–Crippen MR) is 65.6 cm³/mol. The number of carbonyl (C=O) groups is 1. The lowest BCUT2D eigenvalue weighted by Crippen LogP contribution is -2.22. The van der Waals surface area contributed by atoms with Gasteiger partial charge in [0.2, 0.25) is 10.9 Å². The molecule has 0 fully saturated rings. The number of halogens is 3.